The van der Waals surface area contributed by atoms with Gasteiger partial charge in [0.1, 0.15) is 5.75 Å². The fourth-order valence-corrected chi connectivity index (χ4v) is 1.84. The highest BCUT2D eigenvalue weighted by molar-refractivity contribution is 5.65. The zero-order valence-corrected chi connectivity index (χ0v) is 11.2. The van der Waals surface area contributed by atoms with Gasteiger partial charge in [-0.3, -0.25) is 0 Å². The van der Waals surface area contributed by atoms with Gasteiger partial charge in [0, 0.05) is 5.56 Å². The summed E-state index contributed by atoms with van der Waals surface area (Å²) >= 11 is 0. The van der Waals surface area contributed by atoms with E-state index in [1.165, 1.54) is 11.1 Å². The molecule has 0 bridgehead atoms. The van der Waals surface area contributed by atoms with Crippen molar-refractivity contribution in [1.29, 1.82) is 0 Å². The van der Waals surface area contributed by atoms with Crippen molar-refractivity contribution >= 4 is 0 Å². The normalized spacial score (nSPS) is 9.89. The zero-order valence-electron chi connectivity index (χ0n) is 11.2. The maximum Gasteiger partial charge on any atom is 0.119 e. The molecule has 2 rings (SSSR count). The average molecular weight is 250 g/mol. The van der Waals surface area contributed by atoms with Gasteiger partial charge in [0.25, 0.3) is 0 Å². The third kappa shape index (κ3) is 3.63. The summed E-state index contributed by atoms with van der Waals surface area (Å²) in [6, 6.07) is 16.2. The van der Waals surface area contributed by atoms with E-state index in [0.717, 1.165) is 30.8 Å². The number of hydrogen-bond acceptors (Lipinski definition) is 1. The highest BCUT2D eigenvalue weighted by Crippen LogP contribution is 2.22. The summed E-state index contributed by atoms with van der Waals surface area (Å²) in [4.78, 5) is 0. The molecule has 96 valence electrons. The maximum atomic E-state index is 5.65. The van der Waals surface area contributed by atoms with E-state index in [9.17, 15) is 0 Å². The average Bonchev–Trinajstić information content (AvgIpc) is 2.48. The minimum Gasteiger partial charge on any atom is -0.494 e. The third-order valence-electron chi connectivity index (χ3n) is 3.01. The summed E-state index contributed by atoms with van der Waals surface area (Å²) in [5.74, 6) is 3.55. The Hall–Kier alpha value is -2.20. The monoisotopic (exact) mass is 250 g/mol. The van der Waals surface area contributed by atoms with Gasteiger partial charge in [-0.25, -0.2) is 0 Å². The number of terminal acetylenes is 1. The second-order valence-electron chi connectivity index (χ2n) is 4.45. The molecule has 0 aliphatic rings. The van der Waals surface area contributed by atoms with Gasteiger partial charge in [-0.2, -0.15) is 0 Å². The van der Waals surface area contributed by atoms with Crippen molar-refractivity contribution in [3.05, 3.63) is 54.1 Å². The molecule has 0 atom stereocenters. The van der Waals surface area contributed by atoms with Crippen molar-refractivity contribution < 1.29 is 4.74 Å². The summed E-state index contributed by atoms with van der Waals surface area (Å²) in [7, 11) is 0. The lowest BCUT2D eigenvalue weighted by Crippen LogP contribution is -1.95. The summed E-state index contributed by atoms with van der Waals surface area (Å²) in [5.41, 5.74) is 3.24. The van der Waals surface area contributed by atoms with Gasteiger partial charge in [-0.15, -0.1) is 6.42 Å². The molecule has 0 aliphatic carbocycles. The minimum absolute atomic E-state index is 0.784. The Labute approximate surface area is 115 Å². The molecule has 0 saturated heterocycles. The van der Waals surface area contributed by atoms with Gasteiger partial charge >= 0.3 is 0 Å². The van der Waals surface area contributed by atoms with Gasteiger partial charge in [0.15, 0.2) is 0 Å². The van der Waals surface area contributed by atoms with Crippen LogP contribution in [0.1, 0.15) is 25.3 Å². The fraction of sp³-hybridized carbons (Fsp3) is 0.222. The molecular weight excluding hydrogens is 232 g/mol. The number of rotatable bonds is 5. The first-order valence-electron chi connectivity index (χ1n) is 6.63. The summed E-state index contributed by atoms with van der Waals surface area (Å²) in [6.07, 6.45) is 7.59. The van der Waals surface area contributed by atoms with E-state index in [-0.39, 0.29) is 0 Å². The van der Waals surface area contributed by atoms with Crippen LogP contribution in [0.2, 0.25) is 0 Å². The Morgan fingerprint density at radius 1 is 0.947 bits per heavy atom. The Kier molecular flexibility index (Phi) is 4.64. The molecule has 2 aromatic carbocycles. The Bertz CT molecular complexity index is 544. The van der Waals surface area contributed by atoms with Crippen molar-refractivity contribution in [3.8, 4) is 29.2 Å². The number of ether oxygens (including phenoxy) is 1. The standard InChI is InChI=1S/C18H18O/c1-3-5-14-19-18-12-10-17(11-13-18)16-8-6-15(4-2)7-9-16/h2,6-13H,3,5,14H2,1H3. The summed E-state index contributed by atoms with van der Waals surface area (Å²) < 4.78 is 5.65. The van der Waals surface area contributed by atoms with Crippen LogP contribution in [0.15, 0.2) is 48.5 Å². The second-order valence-corrected chi connectivity index (χ2v) is 4.45. The lowest BCUT2D eigenvalue weighted by Gasteiger charge is -2.07. The second kappa shape index (κ2) is 6.66. The van der Waals surface area contributed by atoms with Gasteiger partial charge in [-0.1, -0.05) is 43.5 Å². The lowest BCUT2D eigenvalue weighted by atomic mass is 10.0. The van der Waals surface area contributed by atoms with Crippen LogP contribution in [0.5, 0.6) is 5.75 Å². The summed E-state index contributed by atoms with van der Waals surface area (Å²) in [5, 5.41) is 0. The molecule has 0 N–H and O–H groups in total. The quantitative estimate of drug-likeness (QED) is 0.560. The van der Waals surface area contributed by atoms with Crippen LogP contribution in [0.25, 0.3) is 11.1 Å². The molecule has 0 heterocycles. The molecule has 2 aromatic rings. The Morgan fingerprint density at radius 2 is 1.53 bits per heavy atom. The lowest BCUT2D eigenvalue weighted by molar-refractivity contribution is 0.309. The van der Waals surface area contributed by atoms with E-state index in [2.05, 4.69) is 25.0 Å². The fourth-order valence-electron chi connectivity index (χ4n) is 1.84. The van der Waals surface area contributed by atoms with E-state index in [1.807, 2.05) is 36.4 Å². The van der Waals surface area contributed by atoms with Crippen LogP contribution in [0, 0.1) is 12.3 Å². The zero-order chi connectivity index (χ0) is 13.5. The van der Waals surface area contributed by atoms with Gasteiger partial charge in [0.05, 0.1) is 6.61 Å². The highest BCUT2D eigenvalue weighted by Gasteiger charge is 1.99. The van der Waals surface area contributed by atoms with E-state index in [0.29, 0.717) is 0 Å². The predicted molar refractivity (Wildman–Crippen MR) is 80.2 cm³/mol. The van der Waals surface area contributed by atoms with Crippen molar-refractivity contribution in [2.24, 2.45) is 0 Å². The van der Waals surface area contributed by atoms with Crippen molar-refractivity contribution in [2.45, 2.75) is 19.8 Å². The minimum atomic E-state index is 0.784. The molecule has 0 unspecified atom stereocenters. The van der Waals surface area contributed by atoms with Crippen LogP contribution in [-0.4, -0.2) is 6.61 Å². The first-order chi connectivity index (χ1) is 9.33. The predicted octanol–water partition coefficient (Wildman–Crippen LogP) is 4.51. The molecule has 0 saturated carbocycles. The molecule has 19 heavy (non-hydrogen) atoms. The largest absolute Gasteiger partial charge is 0.494 e. The Morgan fingerprint density at radius 3 is 2.05 bits per heavy atom. The van der Waals surface area contributed by atoms with Gasteiger partial charge in [0.2, 0.25) is 0 Å². The van der Waals surface area contributed by atoms with Crippen molar-refractivity contribution in [3.63, 3.8) is 0 Å². The van der Waals surface area contributed by atoms with Crippen molar-refractivity contribution in [1.82, 2.24) is 0 Å². The third-order valence-corrected chi connectivity index (χ3v) is 3.01. The highest BCUT2D eigenvalue weighted by atomic mass is 16.5. The van der Waals surface area contributed by atoms with E-state index in [1.54, 1.807) is 0 Å². The molecular formula is C18H18O. The molecule has 0 fully saturated rings. The Balaban J connectivity index is 2.07. The van der Waals surface area contributed by atoms with Crippen LogP contribution in [0.3, 0.4) is 0 Å². The van der Waals surface area contributed by atoms with Crippen LogP contribution < -0.4 is 4.74 Å². The van der Waals surface area contributed by atoms with E-state index < -0.39 is 0 Å². The molecule has 0 amide bonds. The number of benzene rings is 2. The number of hydrogen-bond donors (Lipinski definition) is 0. The first-order valence-corrected chi connectivity index (χ1v) is 6.63. The summed E-state index contributed by atoms with van der Waals surface area (Å²) in [6.45, 7) is 2.94. The van der Waals surface area contributed by atoms with Crippen LogP contribution in [-0.2, 0) is 0 Å². The van der Waals surface area contributed by atoms with Crippen molar-refractivity contribution in [2.75, 3.05) is 6.61 Å². The molecule has 0 aliphatic heterocycles. The molecule has 1 heteroatoms. The SMILES string of the molecule is C#Cc1ccc(-c2ccc(OCCCC)cc2)cc1. The smallest absolute Gasteiger partial charge is 0.119 e. The molecule has 0 spiro atoms. The number of unbranched alkanes of at least 4 members (excludes halogenated alkanes) is 1. The van der Waals surface area contributed by atoms with Crippen LogP contribution in [0.4, 0.5) is 0 Å². The van der Waals surface area contributed by atoms with Gasteiger partial charge < -0.3 is 4.74 Å². The van der Waals surface area contributed by atoms with Crippen LogP contribution >= 0.6 is 0 Å². The molecule has 0 radical (unpaired) electrons. The van der Waals surface area contributed by atoms with E-state index >= 15 is 0 Å². The molecule has 1 nitrogen and oxygen atoms in total. The maximum absolute atomic E-state index is 5.65. The molecule has 0 aromatic heterocycles. The first kappa shape index (κ1) is 13.2. The van der Waals surface area contributed by atoms with E-state index in [4.69, 9.17) is 11.2 Å². The topological polar surface area (TPSA) is 9.23 Å². The van der Waals surface area contributed by atoms with Gasteiger partial charge in [-0.05, 0) is 41.8 Å².